The van der Waals surface area contributed by atoms with E-state index in [1.54, 1.807) is 13.2 Å². The zero-order valence-electron chi connectivity index (χ0n) is 13.4. The third-order valence-corrected chi connectivity index (χ3v) is 4.45. The van der Waals surface area contributed by atoms with E-state index in [0.29, 0.717) is 6.54 Å². The van der Waals surface area contributed by atoms with Crippen molar-refractivity contribution in [3.63, 3.8) is 0 Å². The van der Waals surface area contributed by atoms with Crippen molar-refractivity contribution < 1.29 is 4.79 Å². The second-order valence-electron chi connectivity index (χ2n) is 5.97. The number of hydrogen-bond donors (Lipinski definition) is 2. The number of nitrogens with zero attached hydrogens (tertiary/aromatic N) is 2. The minimum atomic E-state index is 0.0291. The molecule has 6 heteroatoms. The molecule has 5 nitrogen and oxygen atoms in total. The smallest absolute Gasteiger partial charge is 0.232 e. The second-order valence-corrected chi connectivity index (χ2v) is 6.88. The number of hydrogen-bond acceptors (Lipinski definition) is 3. The molecule has 1 aromatic heterocycles. The van der Waals surface area contributed by atoms with Crippen LogP contribution in [-0.2, 0) is 11.3 Å². The van der Waals surface area contributed by atoms with Crippen LogP contribution in [0.25, 0.3) is 11.1 Å². The maximum absolute atomic E-state index is 12.0. The molecular formula is C18H19BrN4O. The highest BCUT2D eigenvalue weighted by Gasteiger charge is 2.33. The first-order valence-electron chi connectivity index (χ1n) is 7.84. The van der Waals surface area contributed by atoms with Gasteiger partial charge < -0.3 is 5.32 Å². The number of guanidine groups is 1. The van der Waals surface area contributed by atoms with Gasteiger partial charge in [-0.3, -0.25) is 20.1 Å². The highest BCUT2D eigenvalue weighted by Crippen LogP contribution is 2.30. The van der Waals surface area contributed by atoms with Crippen LogP contribution in [0.2, 0.25) is 0 Å². The number of halogens is 1. The first kappa shape index (κ1) is 16.6. The summed E-state index contributed by atoms with van der Waals surface area (Å²) >= 11 is 3.43. The summed E-state index contributed by atoms with van der Waals surface area (Å²) in [7, 11) is 1.65. The van der Waals surface area contributed by atoms with Gasteiger partial charge in [-0.15, -0.1) is 0 Å². The molecular weight excluding hydrogens is 368 g/mol. The fraction of sp³-hybridized carbons (Fsp3) is 0.278. The summed E-state index contributed by atoms with van der Waals surface area (Å²) in [6, 6.07) is 10.1. The van der Waals surface area contributed by atoms with Crippen LogP contribution in [0.15, 0.2) is 47.2 Å². The van der Waals surface area contributed by atoms with Gasteiger partial charge in [-0.05, 0) is 52.0 Å². The molecule has 0 saturated heterocycles. The van der Waals surface area contributed by atoms with Crippen LogP contribution in [0.3, 0.4) is 0 Å². The van der Waals surface area contributed by atoms with Crippen molar-refractivity contribution in [3.8, 4) is 11.1 Å². The Morgan fingerprint density at radius 3 is 2.83 bits per heavy atom. The number of carbonyl (C=O) groups excluding carboxylic acids is 1. The molecule has 3 rings (SSSR count). The number of benzene rings is 1. The van der Waals surface area contributed by atoms with E-state index in [4.69, 9.17) is 5.41 Å². The fourth-order valence-corrected chi connectivity index (χ4v) is 2.81. The van der Waals surface area contributed by atoms with Crippen LogP contribution in [0.4, 0.5) is 0 Å². The Kier molecular flexibility index (Phi) is 4.94. The summed E-state index contributed by atoms with van der Waals surface area (Å²) in [5.74, 6) is 0.285. The Morgan fingerprint density at radius 1 is 1.33 bits per heavy atom. The summed E-state index contributed by atoms with van der Waals surface area (Å²) in [5.41, 5.74) is 3.14. The van der Waals surface area contributed by atoms with Gasteiger partial charge in [0.2, 0.25) is 5.91 Å². The highest BCUT2D eigenvalue weighted by atomic mass is 79.9. The largest absolute Gasteiger partial charge is 0.352 e. The molecule has 0 spiro atoms. The average molecular weight is 387 g/mol. The molecule has 2 N–H and O–H groups in total. The van der Waals surface area contributed by atoms with E-state index in [1.165, 1.54) is 4.90 Å². The van der Waals surface area contributed by atoms with Crippen molar-refractivity contribution in [2.75, 3.05) is 7.05 Å². The SMILES string of the molecule is CN(C(=N)NCc1cccc(-c2cncc(Br)c2)c1)C(=O)C1CC1. The lowest BCUT2D eigenvalue weighted by Crippen LogP contribution is -2.42. The Morgan fingerprint density at radius 2 is 2.12 bits per heavy atom. The van der Waals surface area contributed by atoms with Crippen molar-refractivity contribution >= 4 is 27.8 Å². The Labute approximate surface area is 149 Å². The van der Waals surface area contributed by atoms with Crippen molar-refractivity contribution in [2.24, 2.45) is 5.92 Å². The molecule has 124 valence electrons. The predicted molar refractivity (Wildman–Crippen MR) is 97.4 cm³/mol. The number of carbonyl (C=O) groups is 1. The number of nitrogens with one attached hydrogen (secondary N) is 2. The first-order chi connectivity index (χ1) is 11.5. The highest BCUT2D eigenvalue weighted by molar-refractivity contribution is 9.10. The number of aromatic nitrogens is 1. The van der Waals surface area contributed by atoms with Gasteiger partial charge in [0.15, 0.2) is 5.96 Å². The van der Waals surface area contributed by atoms with E-state index < -0.39 is 0 Å². The number of pyridine rings is 1. The summed E-state index contributed by atoms with van der Waals surface area (Å²) < 4.78 is 0.936. The van der Waals surface area contributed by atoms with Crippen LogP contribution >= 0.6 is 15.9 Å². The molecule has 0 radical (unpaired) electrons. The van der Waals surface area contributed by atoms with Crippen LogP contribution < -0.4 is 5.32 Å². The van der Waals surface area contributed by atoms with Crippen molar-refractivity contribution in [3.05, 3.63) is 52.8 Å². The van der Waals surface area contributed by atoms with Crippen LogP contribution in [0.1, 0.15) is 18.4 Å². The molecule has 1 fully saturated rings. The molecule has 1 aliphatic carbocycles. The lowest BCUT2D eigenvalue weighted by Gasteiger charge is -2.19. The molecule has 1 amide bonds. The van der Waals surface area contributed by atoms with Crippen LogP contribution in [0.5, 0.6) is 0 Å². The molecule has 24 heavy (non-hydrogen) atoms. The van der Waals surface area contributed by atoms with E-state index in [1.807, 2.05) is 30.5 Å². The molecule has 0 bridgehead atoms. The zero-order chi connectivity index (χ0) is 17.1. The van der Waals surface area contributed by atoms with Crippen molar-refractivity contribution in [1.82, 2.24) is 15.2 Å². The van der Waals surface area contributed by atoms with E-state index in [9.17, 15) is 4.79 Å². The van der Waals surface area contributed by atoms with E-state index in [2.05, 4.69) is 32.3 Å². The number of amides is 1. The second kappa shape index (κ2) is 7.13. The van der Waals surface area contributed by atoms with Gasteiger partial charge in [0.25, 0.3) is 0 Å². The molecule has 1 saturated carbocycles. The van der Waals surface area contributed by atoms with Gasteiger partial charge in [-0.25, -0.2) is 0 Å². The Balaban J connectivity index is 1.64. The van der Waals surface area contributed by atoms with Gasteiger partial charge in [0.1, 0.15) is 0 Å². The standard InChI is InChI=1S/C18H19BrN4O/c1-23(17(24)13-5-6-13)18(20)22-9-12-3-2-4-14(7-12)15-8-16(19)11-21-10-15/h2-4,7-8,10-11,13H,5-6,9H2,1H3,(H2,20,22). The van der Waals surface area contributed by atoms with Gasteiger partial charge in [0.05, 0.1) is 0 Å². The normalized spacial score (nSPS) is 13.4. The maximum atomic E-state index is 12.0. The van der Waals surface area contributed by atoms with Gasteiger partial charge in [-0.2, -0.15) is 0 Å². The summed E-state index contributed by atoms with van der Waals surface area (Å²) in [6.45, 7) is 0.496. The minimum Gasteiger partial charge on any atom is -0.352 e. The summed E-state index contributed by atoms with van der Waals surface area (Å²) in [4.78, 5) is 17.6. The van der Waals surface area contributed by atoms with Crippen molar-refractivity contribution in [1.29, 1.82) is 5.41 Å². The average Bonchev–Trinajstić information content (AvgIpc) is 3.43. The zero-order valence-corrected chi connectivity index (χ0v) is 15.0. The van der Waals surface area contributed by atoms with Crippen LogP contribution in [0, 0.1) is 11.3 Å². The van der Waals surface area contributed by atoms with Gasteiger partial charge in [0, 0.05) is 41.9 Å². The van der Waals surface area contributed by atoms with E-state index >= 15 is 0 Å². The Hall–Kier alpha value is -2.21. The molecule has 0 aliphatic heterocycles. The Bertz CT molecular complexity index is 773. The van der Waals surface area contributed by atoms with E-state index in [0.717, 1.165) is 34.0 Å². The lowest BCUT2D eigenvalue weighted by atomic mass is 10.0. The molecule has 2 aromatic rings. The molecule has 0 atom stereocenters. The summed E-state index contributed by atoms with van der Waals surface area (Å²) in [5, 5.41) is 11.0. The van der Waals surface area contributed by atoms with E-state index in [-0.39, 0.29) is 17.8 Å². The lowest BCUT2D eigenvalue weighted by molar-refractivity contribution is -0.127. The fourth-order valence-electron chi connectivity index (χ4n) is 2.45. The van der Waals surface area contributed by atoms with Crippen molar-refractivity contribution in [2.45, 2.75) is 19.4 Å². The molecule has 1 heterocycles. The predicted octanol–water partition coefficient (Wildman–Crippen LogP) is 3.40. The molecule has 0 unspecified atom stereocenters. The van der Waals surface area contributed by atoms with Gasteiger partial charge >= 0.3 is 0 Å². The first-order valence-corrected chi connectivity index (χ1v) is 8.64. The third kappa shape index (κ3) is 4.00. The molecule has 1 aromatic carbocycles. The number of rotatable bonds is 4. The van der Waals surface area contributed by atoms with Gasteiger partial charge in [-0.1, -0.05) is 18.2 Å². The minimum absolute atomic E-state index is 0.0291. The summed E-state index contributed by atoms with van der Waals surface area (Å²) in [6.07, 6.45) is 5.46. The third-order valence-electron chi connectivity index (χ3n) is 4.02. The molecule has 1 aliphatic rings. The topological polar surface area (TPSA) is 69.1 Å². The maximum Gasteiger partial charge on any atom is 0.232 e. The van der Waals surface area contributed by atoms with Crippen LogP contribution in [-0.4, -0.2) is 28.8 Å². The monoisotopic (exact) mass is 386 g/mol. The quantitative estimate of drug-likeness (QED) is 0.624.